The molecular weight excluding hydrogens is 366 g/mol. The minimum Gasteiger partial charge on any atom is -0.324 e. The fraction of sp³-hybridized carbons (Fsp3) is 0.273. The minimum atomic E-state index is -0.0952. The third kappa shape index (κ3) is 3.29. The molecule has 7 heteroatoms. The summed E-state index contributed by atoms with van der Waals surface area (Å²) < 4.78 is 1.88. The lowest BCUT2D eigenvalue weighted by molar-refractivity contribution is 0.140. The highest BCUT2D eigenvalue weighted by Crippen LogP contribution is 2.39. The number of likely N-dealkylation sites (tertiary alicyclic amines) is 1. The zero-order valence-corrected chi connectivity index (χ0v) is 15.9. The Morgan fingerprint density at radius 3 is 2.59 bits per heavy atom. The number of fused-ring (bicyclic) bond motifs is 4. The Morgan fingerprint density at radius 1 is 1.00 bits per heavy atom. The largest absolute Gasteiger partial charge is 0.324 e. The van der Waals surface area contributed by atoms with E-state index in [4.69, 9.17) is 0 Å². The molecule has 1 aromatic carbocycles. The molecule has 1 saturated heterocycles. The van der Waals surface area contributed by atoms with Gasteiger partial charge in [0.1, 0.15) is 6.33 Å². The summed E-state index contributed by atoms with van der Waals surface area (Å²) >= 11 is 0. The van der Waals surface area contributed by atoms with Crippen molar-refractivity contribution in [3.63, 3.8) is 0 Å². The number of amides is 2. The number of rotatable bonds is 2. The Hall–Kier alpha value is -3.48. The van der Waals surface area contributed by atoms with Crippen LogP contribution in [0, 0.1) is 5.92 Å². The lowest BCUT2D eigenvalue weighted by Crippen LogP contribution is -2.50. The molecule has 1 N–H and O–H groups in total. The third-order valence-electron chi connectivity index (χ3n) is 5.77. The van der Waals surface area contributed by atoms with Gasteiger partial charge in [-0.15, -0.1) is 0 Å². The molecule has 2 aliphatic heterocycles. The zero-order chi connectivity index (χ0) is 19.8. The van der Waals surface area contributed by atoms with E-state index >= 15 is 0 Å². The number of carbonyl (C=O) groups excluding carboxylic acids is 1. The highest BCUT2D eigenvalue weighted by atomic mass is 16.2. The molecule has 0 spiro atoms. The van der Waals surface area contributed by atoms with E-state index in [2.05, 4.69) is 15.3 Å². The summed E-state index contributed by atoms with van der Waals surface area (Å²) in [6, 6.07) is 12.9. The van der Waals surface area contributed by atoms with Crippen molar-refractivity contribution in [2.75, 3.05) is 18.4 Å². The van der Waals surface area contributed by atoms with E-state index < -0.39 is 0 Å². The number of nitrogens with zero attached hydrogens (tertiary/aromatic N) is 4. The second-order valence-electron chi connectivity index (χ2n) is 7.71. The van der Waals surface area contributed by atoms with Crippen LogP contribution >= 0.6 is 0 Å². The fourth-order valence-electron chi connectivity index (χ4n) is 4.59. The molecule has 29 heavy (non-hydrogen) atoms. The maximum absolute atomic E-state index is 12.9. The van der Waals surface area contributed by atoms with Crippen LogP contribution in [0.25, 0.3) is 11.1 Å². The number of hydrogen-bond acceptors (Lipinski definition) is 4. The maximum atomic E-state index is 12.9. The van der Waals surface area contributed by atoms with Crippen LogP contribution in [0.4, 0.5) is 10.5 Å². The number of anilines is 1. The van der Waals surface area contributed by atoms with Crippen LogP contribution in [-0.2, 0) is 6.54 Å². The number of hydrogen-bond donors (Lipinski definition) is 1. The summed E-state index contributed by atoms with van der Waals surface area (Å²) in [5.41, 5.74) is 3.64. The normalized spacial score (nSPS) is 20.1. The van der Waals surface area contributed by atoms with Crippen LogP contribution in [0.2, 0.25) is 0 Å². The molecule has 2 bridgehead atoms. The van der Waals surface area contributed by atoms with Crippen LogP contribution < -0.4 is 10.9 Å². The van der Waals surface area contributed by atoms with Gasteiger partial charge < -0.3 is 14.8 Å². The number of benzene rings is 1. The van der Waals surface area contributed by atoms with Gasteiger partial charge in [-0.2, -0.15) is 0 Å². The molecule has 0 unspecified atom stereocenters. The zero-order valence-electron chi connectivity index (χ0n) is 15.9. The van der Waals surface area contributed by atoms with E-state index in [1.807, 2.05) is 45.9 Å². The maximum Gasteiger partial charge on any atom is 0.321 e. The van der Waals surface area contributed by atoms with Crippen molar-refractivity contribution in [3.8, 4) is 11.1 Å². The number of urea groups is 1. The second kappa shape index (κ2) is 7.16. The monoisotopic (exact) mass is 387 g/mol. The van der Waals surface area contributed by atoms with Crippen molar-refractivity contribution < 1.29 is 4.79 Å². The van der Waals surface area contributed by atoms with Gasteiger partial charge in [0.2, 0.25) is 0 Å². The van der Waals surface area contributed by atoms with E-state index in [0.717, 1.165) is 28.9 Å². The van der Waals surface area contributed by atoms with E-state index in [-0.39, 0.29) is 23.4 Å². The summed E-state index contributed by atoms with van der Waals surface area (Å²) in [5.74, 6) is 0.371. The predicted molar refractivity (Wildman–Crippen MR) is 110 cm³/mol. The molecule has 7 nitrogen and oxygen atoms in total. The molecule has 5 rings (SSSR count). The SMILES string of the molecule is O=C(Nc1ccccc1)N1C[C@@H]2C[C@H](C1)c1c(-c3cncnc3)ccc(=O)n1C2. The van der Waals surface area contributed by atoms with Crippen LogP contribution in [0.3, 0.4) is 0 Å². The summed E-state index contributed by atoms with van der Waals surface area (Å²) in [6.45, 7) is 1.86. The van der Waals surface area contributed by atoms with Crippen LogP contribution in [0.15, 0.2) is 66.0 Å². The Morgan fingerprint density at radius 2 is 1.79 bits per heavy atom. The molecule has 4 heterocycles. The third-order valence-corrected chi connectivity index (χ3v) is 5.77. The number of para-hydroxylation sites is 1. The summed E-state index contributed by atoms with van der Waals surface area (Å²) in [6.07, 6.45) is 6.00. The Kier molecular flexibility index (Phi) is 4.35. The Bertz CT molecular complexity index is 1100. The van der Waals surface area contributed by atoms with Gasteiger partial charge in [-0.05, 0) is 30.5 Å². The van der Waals surface area contributed by atoms with Crippen LogP contribution in [-0.4, -0.2) is 38.6 Å². The van der Waals surface area contributed by atoms with Gasteiger partial charge in [0.15, 0.2) is 0 Å². The van der Waals surface area contributed by atoms with Crippen molar-refractivity contribution in [2.24, 2.45) is 5.92 Å². The molecule has 0 saturated carbocycles. The quantitative estimate of drug-likeness (QED) is 0.733. The molecule has 1 fully saturated rings. The smallest absolute Gasteiger partial charge is 0.321 e. The van der Waals surface area contributed by atoms with Gasteiger partial charge in [0.25, 0.3) is 5.56 Å². The number of nitrogens with one attached hydrogen (secondary N) is 1. The van der Waals surface area contributed by atoms with Crippen molar-refractivity contribution in [3.05, 3.63) is 77.2 Å². The first-order chi connectivity index (χ1) is 14.2. The summed E-state index contributed by atoms with van der Waals surface area (Å²) in [4.78, 5) is 35.6. The van der Waals surface area contributed by atoms with Gasteiger partial charge in [-0.1, -0.05) is 18.2 Å². The first-order valence-electron chi connectivity index (χ1n) is 9.79. The Balaban J connectivity index is 1.47. The number of aromatic nitrogens is 3. The van der Waals surface area contributed by atoms with E-state index in [9.17, 15) is 9.59 Å². The van der Waals surface area contributed by atoms with Gasteiger partial charge in [0, 0.05) is 66.5 Å². The predicted octanol–water partition coefficient (Wildman–Crippen LogP) is 2.96. The molecule has 0 radical (unpaired) electrons. The van der Waals surface area contributed by atoms with E-state index in [1.165, 1.54) is 6.33 Å². The average molecular weight is 387 g/mol. The molecule has 146 valence electrons. The molecule has 3 aromatic rings. The average Bonchev–Trinajstić information content (AvgIpc) is 2.75. The topological polar surface area (TPSA) is 80.1 Å². The fourth-order valence-corrected chi connectivity index (χ4v) is 4.59. The van der Waals surface area contributed by atoms with Crippen LogP contribution in [0.1, 0.15) is 18.0 Å². The van der Waals surface area contributed by atoms with E-state index in [1.54, 1.807) is 18.5 Å². The highest BCUT2D eigenvalue weighted by molar-refractivity contribution is 5.89. The summed E-state index contributed by atoms with van der Waals surface area (Å²) in [5, 5.41) is 2.98. The van der Waals surface area contributed by atoms with Gasteiger partial charge in [-0.3, -0.25) is 4.79 Å². The van der Waals surface area contributed by atoms with E-state index in [0.29, 0.717) is 19.6 Å². The Labute approximate surface area is 168 Å². The molecule has 0 aliphatic carbocycles. The number of carbonyl (C=O) groups is 1. The van der Waals surface area contributed by atoms with Crippen molar-refractivity contribution >= 4 is 11.7 Å². The minimum absolute atomic E-state index is 0.0116. The number of piperidine rings is 1. The first-order valence-corrected chi connectivity index (χ1v) is 9.79. The molecule has 2 atom stereocenters. The van der Waals surface area contributed by atoms with Crippen molar-refractivity contribution in [1.29, 1.82) is 0 Å². The molecule has 2 aromatic heterocycles. The molecule has 2 aliphatic rings. The van der Waals surface area contributed by atoms with Gasteiger partial charge >= 0.3 is 6.03 Å². The standard InChI is InChI=1S/C22H21N5O2/c28-20-7-6-19(17-9-23-14-24-10-17)21-16-8-15(12-27(20)21)11-26(13-16)22(29)25-18-4-2-1-3-5-18/h1-7,9-10,14-16H,8,11-13H2,(H,25,29)/t15-,16+/m0/s1. The molecular formula is C22H21N5O2. The second-order valence-corrected chi connectivity index (χ2v) is 7.71. The van der Waals surface area contributed by atoms with Crippen molar-refractivity contribution in [2.45, 2.75) is 18.9 Å². The highest BCUT2D eigenvalue weighted by Gasteiger charge is 2.37. The first kappa shape index (κ1) is 17.6. The lowest BCUT2D eigenvalue weighted by Gasteiger charge is -2.43. The lowest BCUT2D eigenvalue weighted by atomic mass is 9.81. The summed E-state index contributed by atoms with van der Waals surface area (Å²) in [7, 11) is 0. The number of pyridine rings is 1. The van der Waals surface area contributed by atoms with Crippen LogP contribution in [0.5, 0.6) is 0 Å². The van der Waals surface area contributed by atoms with Gasteiger partial charge in [-0.25, -0.2) is 14.8 Å². The van der Waals surface area contributed by atoms with Crippen molar-refractivity contribution in [1.82, 2.24) is 19.4 Å². The molecule has 2 amide bonds. The van der Waals surface area contributed by atoms with Gasteiger partial charge in [0.05, 0.1) is 0 Å².